The molecule has 0 saturated heterocycles. The standard InChI is InChI=1S/C17H20ClNO2/c1-5-21-17(20)16-12(4)19-11(3)10(2)15(16)13-6-8-14(18)9-7-13/h6-9,15,19H,5H2,1-4H3. The molecular formula is C17H20ClNO2. The minimum atomic E-state index is -0.269. The molecule has 0 radical (unpaired) electrons. The number of carbonyl (C=O) groups excluding carboxylic acids is 1. The Morgan fingerprint density at radius 2 is 1.81 bits per heavy atom. The monoisotopic (exact) mass is 305 g/mol. The fourth-order valence-corrected chi connectivity index (χ4v) is 2.77. The van der Waals surface area contributed by atoms with Crippen LogP contribution < -0.4 is 5.32 Å². The molecule has 3 nitrogen and oxygen atoms in total. The second-order valence-electron chi connectivity index (χ2n) is 5.18. The molecular weight excluding hydrogens is 286 g/mol. The summed E-state index contributed by atoms with van der Waals surface area (Å²) in [6.07, 6.45) is 0. The van der Waals surface area contributed by atoms with Crippen molar-refractivity contribution < 1.29 is 9.53 Å². The van der Waals surface area contributed by atoms with Crippen molar-refractivity contribution in [2.24, 2.45) is 0 Å². The summed E-state index contributed by atoms with van der Waals surface area (Å²) in [5.41, 5.74) is 4.74. The van der Waals surface area contributed by atoms with Crippen molar-refractivity contribution >= 4 is 17.6 Å². The van der Waals surface area contributed by atoms with Crippen molar-refractivity contribution in [2.45, 2.75) is 33.6 Å². The van der Waals surface area contributed by atoms with E-state index in [1.54, 1.807) is 0 Å². The molecule has 0 aromatic heterocycles. The van der Waals surface area contributed by atoms with Crippen LogP contribution in [0, 0.1) is 0 Å². The summed E-state index contributed by atoms with van der Waals surface area (Å²) in [6, 6.07) is 7.61. The first-order valence-electron chi connectivity index (χ1n) is 7.03. The Hall–Kier alpha value is -1.74. The van der Waals surface area contributed by atoms with Gasteiger partial charge in [0, 0.05) is 22.3 Å². The van der Waals surface area contributed by atoms with E-state index in [0.29, 0.717) is 17.2 Å². The number of halogens is 1. The van der Waals surface area contributed by atoms with Gasteiger partial charge in [0.1, 0.15) is 0 Å². The lowest BCUT2D eigenvalue weighted by atomic mass is 9.81. The number of allylic oxidation sites excluding steroid dienone is 3. The lowest BCUT2D eigenvalue weighted by Crippen LogP contribution is -2.28. The third-order valence-electron chi connectivity index (χ3n) is 3.79. The molecule has 0 spiro atoms. The van der Waals surface area contributed by atoms with Crippen LogP contribution in [0.3, 0.4) is 0 Å². The highest BCUT2D eigenvalue weighted by Crippen LogP contribution is 2.38. The summed E-state index contributed by atoms with van der Waals surface area (Å²) >= 11 is 5.96. The minimum Gasteiger partial charge on any atom is -0.463 e. The molecule has 0 saturated carbocycles. The van der Waals surface area contributed by atoms with Crippen molar-refractivity contribution in [2.75, 3.05) is 6.61 Å². The summed E-state index contributed by atoms with van der Waals surface area (Å²) in [7, 11) is 0. The number of ether oxygens (including phenoxy) is 1. The maximum absolute atomic E-state index is 12.3. The van der Waals surface area contributed by atoms with Gasteiger partial charge in [-0.2, -0.15) is 0 Å². The number of hydrogen-bond donors (Lipinski definition) is 1. The second kappa shape index (κ2) is 6.35. The van der Waals surface area contributed by atoms with Crippen LogP contribution in [-0.4, -0.2) is 12.6 Å². The molecule has 4 heteroatoms. The van der Waals surface area contributed by atoms with Gasteiger partial charge in [-0.25, -0.2) is 4.79 Å². The molecule has 1 unspecified atom stereocenters. The molecule has 2 rings (SSSR count). The van der Waals surface area contributed by atoms with Crippen molar-refractivity contribution in [1.29, 1.82) is 0 Å². The molecule has 0 amide bonds. The predicted octanol–water partition coefficient (Wildman–Crippen LogP) is 4.16. The minimum absolute atomic E-state index is 0.0948. The lowest BCUT2D eigenvalue weighted by molar-refractivity contribution is -0.138. The first-order chi connectivity index (χ1) is 9.95. The Morgan fingerprint density at radius 3 is 2.38 bits per heavy atom. The zero-order valence-corrected chi connectivity index (χ0v) is 13.5. The highest BCUT2D eigenvalue weighted by atomic mass is 35.5. The molecule has 1 aliphatic rings. The Balaban J connectivity index is 2.52. The third-order valence-corrected chi connectivity index (χ3v) is 4.04. The van der Waals surface area contributed by atoms with Crippen LogP contribution in [0.5, 0.6) is 0 Å². The van der Waals surface area contributed by atoms with E-state index in [1.165, 1.54) is 0 Å². The van der Waals surface area contributed by atoms with Crippen LogP contribution in [-0.2, 0) is 9.53 Å². The molecule has 0 aliphatic carbocycles. The van der Waals surface area contributed by atoms with Gasteiger partial charge in [0.25, 0.3) is 0 Å². The molecule has 1 atom stereocenters. The Labute approximate surface area is 130 Å². The van der Waals surface area contributed by atoms with Crippen molar-refractivity contribution in [1.82, 2.24) is 5.32 Å². The van der Waals surface area contributed by atoms with Gasteiger partial charge in [0.15, 0.2) is 0 Å². The van der Waals surface area contributed by atoms with Gasteiger partial charge in [0.05, 0.1) is 12.2 Å². The number of rotatable bonds is 3. The van der Waals surface area contributed by atoms with Gasteiger partial charge in [-0.15, -0.1) is 0 Å². The zero-order chi connectivity index (χ0) is 15.6. The highest BCUT2D eigenvalue weighted by molar-refractivity contribution is 6.30. The number of carbonyl (C=O) groups is 1. The number of dihydropyridines is 1. The van der Waals surface area contributed by atoms with E-state index in [1.807, 2.05) is 52.0 Å². The van der Waals surface area contributed by atoms with Gasteiger partial charge < -0.3 is 10.1 Å². The molecule has 1 aliphatic heterocycles. The normalized spacial score (nSPS) is 18.6. The number of hydrogen-bond acceptors (Lipinski definition) is 3. The summed E-state index contributed by atoms with van der Waals surface area (Å²) in [5, 5.41) is 3.95. The topological polar surface area (TPSA) is 38.3 Å². The van der Waals surface area contributed by atoms with Crippen molar-refractivity contribution in [3.05, 3.63) is 57.4 Å². The van der Waals surface area contributed by atoms with Gasteiger partial charge in [0.2, 0.25) is 0 Å². The fraction of sp³-hybridized carbons (Fsp3) is 0.353. The molecule has 1 heterocycles. The SMILES string of the molecule is CCOC(=O)C1=C(C)NC(C)=C(C)C1c1ccc(Cl)cc1. The number of nitrogens with one attached hydrogen (secondary N) is 1. The van der Waals surface area contributed by atoms with Gasteiger partial charge in [-0.05, 0) is 51.0 Å². The van der Waals surface area contributed by atoms with E-state index in [-0.39, 0.29) is 11.9 Å². The third kappa shape index (κ3) is 3.13. The molecule has 112 valence electrons. The van der Waals surface area contributed by atoms with Crippen LogP contribution in [0.4, 0.5) is 0 Å². The first kappa shape index (κ1) is 15.6. The van der Waals surface area contributed by atoms with E-state index in [2.05, 4.69) is 5.32 Å². The van der Waals surface area contributed by atoms with Crippen LogP contribution in [0.15, 0.2) is 46.8 Å². The second-order valence-corrected chi connectivity index (χ2v) is 5.61. The largest absolute Gasteiger partial charge is 0.463 e. The quantitative estimate of drug-likeness (QED) is 0.852. The summed E-state index contributed by atoms with van der Waals surface area (Å²) in [6.45, 7) is 8.14. The van der Waals surface area contributed by atoms with Gasteiger partial charge in [-0.1, -0.05) is 23.7 Å². The molecule has 1 aromatic carbocycles. The fourth-order valence-electron chi connectivity index (χ4n) is 2.65. The van der Waals surface area contributed by atoms with Gasteiger partial charge in [-0.3, -0.25) is 0 Å². The van der Waals surface area contributed by atoms with E-state index in [9.17, 15) is 4.79 Å². The van der Waals surface area contributed by atoms with Gasteiger partial charge >= 0.3 is 5.97 Å². The summed E-state index contributed by atoms with van der Waals surface area (Å²) < 4.78 is 5.23. The smallest absolute Gasteiger partial charge is 0.336 e. The number of benzene rings is 1. The zero-order valence-electron chi connectivity index (χ0n) is 12.8. The Bertz CT molecular complexity index is 614. The van der Waals surface area contributed by atoms with Crippen LogP contribution >= 0.6 is 11.6 Å². The molecule has 0 fully saturated rings. The lowest BCUT2D eigenvalue weighted by Gasteiger charge is -2.30. The molecule has 0 bridgehead atoms. The average Bonchev–Trinajstić information content (AvgIpc) is 2.44. The van der Waals surface area contributed by atoms with E-state index in [0.717, 1.165) is 22.5 Å². The summed E-state index contributed by atoms with van der Waals surface area (Å²) in [4.78, 5) is 12.3. The Morgan fingerprint density at radius 1 is 1.19 bits per heavy atom. The van der Waals surface area contributed by atoms with Crippen molar-refractivity contribution in [3.63, 3.8) is 0 Å². The van der Waals surface area contributed by atoms with E-state index < -0.39 is 0 Å². The van der Waals surface area contributed by atoms with E-state index in [4.69, 9.17) is 16.3 Å². The average molecular weight is 306 g/mol. The van der Waals surface area contributed by atoms with Crippen LogP contribution in [0.2, 0.25) is 5.02 Å². The predicted molar refractivity (Wildman–Crippen MR) is 85.0 cm³/mol. The summed E-state index contributed by atoms with van der Waals surface area (Å²) in [5.74, 6) is -0.364. The highest BCUT2D eigenvalue weighted by Gasteiger charge is 2.31. The molecule has 1 aromatic rings. The van der Waals surface area contributed by atoms with Crippen molar-refractivity contribution in [3.8, 4) is 0 Å². The van der Waals surface area contributed by atoms with E-state index >= 15 is 0 Å². The first-order valence-corrected chi connectivity index (χ1v) is 7.41. The molecule has 1 N–H and O–H groups in total. The number of esters is 1. The molecule has 21 heavy (non-hydrogen) atoms. The van der Waals surface area contributed by atoms with Crippen LogP contribution in [0.1, 0.15) is 39.2 Å². The maximum Gasteiger partial charge on any atom is 0.336 e. The maximum atomic E-state index is 12.3. The Kier molecular flexibility index (Phi) is 4.73. The van der Waals surface area contributed by atoms with Crippen LogP contribution in [0.25, 0.3) is 0 Å².